The molecular weight excluding hydrogens is 157 g/mol. The second-order valence-corrected chi connectivity index (χ2v) is 2.18. The van der Waals surface area contributed by atoms with E-state index in [0.29, 0.717) is 6.61 Å². The standard InChI is InChI=1S/C7H13F3O/c1-2-11-6(3-4-8)5-7(9)10/h6-7H,2-5H2,1H3. The number of alkyl halides is 3. The highest BCUT2D eigenvalue weighted by atomic mass is 19.3. The quantitative estimate of drug-likeness (QED) is 0.594. The van der Waals surface area contributed by atoms with Gasteiger partial charge in [-0.15, -0.1) is 0 Å². The number of hydrogen-bond acceptors (Lipinski definition) is 1. The second kappa shape index (κ2) is 6.46. The maximum Gasteiger partial charge on any atom is 0.241 e. The van der Waals surface area contributed by atoms with Crippen LogP contribution in [0.3, 0.4) is 0 Å². The summed E-state index contributed by atoms with van der Waals surface area (Å²) >= 11 is 0. The van der Waals surface area contributed by atoms with Gasteiger partial charge in [0.2, 0.25) is 6.43 Å². The van der Waals surface area contributed by atoms with Gasteiger partial charge in [-0.05, 0) is 6.92 Å². The third-order valence-electron chi connectivity index (χ3n) is 1.27. The predicted octanol–water partition coefficient (Wildman–Crippen LogP) is 2.41. The molecule has 0 aromatic rings. The zero-order valence-corrected chi connectivity index (χ0v) is 6.53. The zero-order valence-electron chi connectivity index (χ0n) is 6.53. The zero-order chi connectivity index (χ0) is 8.69. The molecule has 0 amide bonds. The summed E-state index contributed by atoms with van der Waals surface area (Å²) < 4.78 is 40.0. The minimum absolute atomic E-state index is 0.0676. The highest BCUT2D eigenvalue weighted by Crippen LogP contribution is 2.10. The van der Waals surface area contributed by atoms with Crippen LogP contribution in [0.25, 0.3) is 0 Å². The van der Waals surface area contributed by atoms with Gasteiger partial charge in [0.25, 0.3) is 0 Å². The topological polar surface area (TPSA) is 9.23 Å². The molecule has 0 fully saturated rings. The molecule has 0 aliphatic heterocycles. The molecule has 0 rings (SSSR count). The van der Waals surface area contributed by atoms with Crippen molar-refractivity contribution in [3.05, 3.63) is 0 Å². The van der Waals surface area contributed by atoms with Crippen LogP contribution in [0.15, 0.2) is 0 Å². The van der Waals surface area contributed by atoms with Gasteiger partial charge in [-0.1, -0.05) is 0 Å². The van der Waals surface area contributed by atoms with E-state index in [4.69, 9.17) is 4.74 Å². The average molecular weight is 170 g/mol. The molecule has 11 heavy (non-hydrogen) atoms. The molecule has 0 heterocycles. The first-order valence-electron chi connectivity index (χ1n) is 3.66. The summed E-state index contributed by atoms with van der Waals surface area (Å²) in [5.74, 6) is 0. The molecule has 0 aliphatic rings. The van der Waals surface area contributed by atoms with E-state index < -0.39 is 19.2 Å². The van der Waals surface area contributed by atoms with Crippen LogP contribution in [0.2, 0.25) is 0 Å². The van der Waals surface area contributed by atoms with Crippen LogP contribution < -0.4 is 0 Å². The molecule has 0 aliphatic carbocycles. The number of ether oxygens (including phenoxy) is 1. The van der Waals surface area contributed by atoms with E-state index in [1.165, 1.54) is 0 Å². The van der Waals surface area contributed by atoms with Gasteiger partial charge in [0.05, 0.1) is 12.8 Å². The van der Waals surface area contributed by atoms with Gasteiger partial charge in [-0.25, -0.2) is 8.78 Å². The molecule has 0 saturated heterocycles. The average Bonchev–Trinajstić information content (AvgIpc) is 1.87. The van der Waals surface area contributed by atoms with E-state index in [0.717, 1.165) is 0 Å². The van der Waals surface area contributed by atoms with Crippen molar-refractivity contribution < 1.29 is 17.9 Å². The first-order valence-corrected chi connectivity index (χ1v) is 3.66. The molecule has 68 valence electrons. The fourth-order valence-corrected chi connectivity index (χ4v) is 0.825. The van der Waals surface area contributed by atoms with Crippen molar-refractivity contribution in [3.63, 3.8) is 0 Å². The molecule has 0 bridgehead atoms. The lowest BCUT2D eigenvalue weighted by Gasteiger charge is -2.14. The van der Waals surface area contributed by atoms with Crippen molar-refractivity contribution >= 4 is 0 Å². The van der Waals surface area contributed by atoms with Gasteiger partial charge in [-0.3, -0.25) is 4.39 Å². The summed E-state index contributed by atoms with van der Waals surface area (Å²) in [7, 11) is 0. The van der Waals surface area contributed by atoms with Crippen LogP contribution in [-0.4, -0.2) is 25.8 Å². The largest absolute Gasteiger partial charge is 0.378 e. The Balaban J connectivity index is 3.50. The summed E-state index contributed by atoms with van der Waals surface area (Å²) in [5.41, 5.74) is 0. The van der Waals surface area contributed by atoms with Gasteiger partial charge in [0.15, 0.2) is 0 Å². The molecular formula is C7H13F3O. The maximum atomic E-state index is 11.7. The predicted molar refractivity (Wildman–Crippen MR) is 36.6 cm³/mol. The Hall–Kier alpha value is -0.250. The molecule has 0 aromatic heterocycles. The number of rotatable bonds is 6. The van der Waals surface area contributed by atoms with E-state index >= 15 is 0 Å². The lowest BCUT2D eigenvalue weighted by molar-refractivity contribution is 0.00204. The summed E-state index contributed by atoms with van der Waals surface area (Å²) in [6.07, 6.45) is -3.32. The van der Waals surface area contributed by atoms with Crippen LogP contribution in [0.1, 0.15) is 19.8 Å². The van der Waals surface area contributed by atoms with Gasteiger partial charge >= 0.3 is 0 Å². The number of hydrogen-bond donors (Lipinski definition) is 0. The van der Waals surface area contributed by atoms with Crippen LogP contribution in [-0.2, 0) is 4.74 Å². The Labute approximate surface area is 64.5 Å². The molecule has 0 saturated carbocycles. The van der Waals surface area contributed by atoms with Crippen molar-refractivity contribution in [2.75, 3.05) is 13.3 Å². The van der Waals surface area contributed by atoms with Crippen LogP contribution in [0.4, 0.5) is 13.2 Å². The van der Waals surface area contributed by atoms with Crippen molar-refractivity contribution in [2.24, 2.45) is 0 Å². The van der Waals surface area contributed by atoms with Gasteiger partial charge in [0, 0.05) is 19.4 Å². The third kappa shape index (κ3) is 6.16. The Morgan fingerprint density at radius 3 is 2.36 bits per heavy atom. The molecule has 4 heteroatoms. The van der Waals surface area contributed by atoms with Crippen molar-refractivity contribution in [2.45, 2.75) is 32.3 Å². The van der Waals surface area contributed by atoms with Gasteiger partial charge in [-0.2, -0.15) is 0 Å². The van der Waals surface area contributed by atoms with Crippen molar-refractivity contribution in [1.29, 1.82) is 0 Å². The maximum absolute atomic E-state index is 11.7. The van der Waals surface area contributed by atoms with Gasteiger partial charge in [0.1, 0.15) is 0 Å². The summed E-state index contributed by atoms with van der Waals surface area (Å²) in [4.78, 5) is 0. The van der Waals surface area contributed by atoms with Crippen LogP contribution in [0, 0.1) is 0 Å². The van der Waals surface area contributed by atoms with Gasteiger partial charge < -0.3 is 4.74 Å². The fraction of sp³-hybridized carbons (Fsp3) is 1.00. The molecule has 0 N–H and O–H groups in total. The Morgan fingerprint density at radius 1 is 1.36 bits per heavy atom. The molecule has 0 aromatic carbocycles. The van der Waals surface area contributed by atoms with Crippen LogP contribution >= 0.6 is 0 Å². The Bertz CT molecular complexity index is 81.8. The van der Waals surface area contributed by atoms with E-state index in [-0.39, 0.29) is 12.8 Å². The van der Waals surface area contributed by atoms with E-state index in [1.807, 2.05) is 0 Å². The summed E-state index contributed by atoms with van der Waals surface area (Å²) in [6.45, 7) is 1.46. The monoisotopic (exact) mass is 170 g/mol. The molecule has 0 spiro atoms. The molecule has 0 radical (unpaired) electrons. The summed E-state index contributed by atoms with van der Waals surface area (Å²) in [6, 6.07) is 0. The van der Waals surface area contributed by atoms with E-state index in [1.54, 1.807) is 6.92 Å². The molecule has 1 nitrogen and oxygen atoms in total. The smallest absolute Gasteiger partial charge is 0.241 e. The highest BCUT2D eigenvalue weighted by Gasteiger charge is 2.14. The molecule has 1 atom stereocenters. The lowest BCUT2D eigenvalue weighted by Crippen LogP contribution is -2.17. The molecule has 1 unspecified atom stereocenters. The fourth-order valence-electron chi connectivity index (χ4n) is 0.825. The first-order chi connectivity index (χ1) is 5.20. The highest BCUT2D eigenvalue weighted by molar-refractivity contribution is 4.58. The minimum atomic E-state index is -2.40. The Morgan fingerprint density at radius 2 is 2.00 bits per heavy atom. The normalized spacial score (nSPS) is 13.9. The van der Waals surface area contributed by atoms with Crippen LogP contribution in [0.5, 0.6) is 0 Å². The third-order valence-corrected chi connectivity index (χ3v) is 1.27. The minimum Gasteiger partial charge on any atom is -0.378 e. The summed E-state index contributed by atoms with van der Waals surface area (Å²) in [5, 5.41) is 0. The second-order valence-electron chi connectivity index (χ2n) is 2.18. The van der Waals surface area contributed by atoms with E-state index in [2.05, 4.69) is 0 Å². The number of halogens is 3. The van der Waals surface area contributed by atoms with E-state index in [9.17, 15) is 13.2 Å². The van der Waals surface area contributed by atoms with Crippen molar-refractivity contribution in [1.82, 2.24) is 0 Å². The van der Waals surface area contributed by atoms with Crippen molar-refractivity contribution in [3.8, 4) is 0 Å². The first kappa shape index (κ1) is 10.8. The SMILES string of the molecule is CCOC(CCF)CC(F)F. The Kier molecular flexibility index (Phi) is 6.31. The lowest BCUT2D eigenvalue weighted by atomic mass is 10.2.